The molecule has 1 N–H and O–H groups in total. The van der Waals surface area contributed by atoms with Gasteiger partial charge in [0.1, 0.15) is 0 Å². The summed E-state index contributed by atoms with van der Waals surface area (Å²) in [5.74, 6) is 2.18. The van der Waals surface area contributed by atoms with E-state index in [1.807, 2.05) is 19.1 Å². The number of carbonyl (C=O) groups excluding carboxylic acids is 1. The molecule has 0 bridgehead atoms. The van der Waals surface area contributed by atoms with Crippen LogP contribution in [-0.4, -0.2) is 25.7 Å². The van der Waals surface area contributed by atoms with E-state index in [0.29, 0.717) is 18.1 Å². The molecule has 4 heteroatoms. The van der Waals surface area contributed by atoms with Gasteiger partial charge in [0.25, 0.3) is 0 Å². The van der Waals surface area contributed by atoms with Crippen LogP contribution in [0.2, 0.25) is 0 Å². The lowest BCUT2D eigenvalue weighted by Gasteiger charge is -2.22. The quantitative estimate of drug-likeness (QED) is 0.848. The summed E-state index contributed by atoms with van der Waals surface area (Å²) in [5, 5.41) is 3.33. The van der Waals surface area contributed by atoms with Crippen LogP contribution in [0.1, 0.15) is 35.2 Å². The van der Waals surface area contributed by atoms with E-state index in [1.54, 1.807) is 0 Å². The van der Waals surface area contributed by atoms with E-state index in [2.05, 4.69) is 5.32 Å². The third kappa shape index (κ3) is 2.59. The summed E-state index contributed by atoms with van der Waals surface area (Å²) in [7, 11) is 0. The summed E-state index contributed by atoms with van der Waals surface area (Å²) in [4.78, 5) is 12.4. The molecule has 102 valence electrons. The van der Waals surface area contributed by atoms with Gasteiger partial charge in [-0.15, -0.1) is 0 Å². The molecular formula is C15H19NO3. The summed E-state index contributed by atoms with van der Waals surface area (Å²) >= 11 is 0. The first-order chi connectivity index (χ1) is 9.24. The van der Waals surface area contributed by atoms with Crippen LogP contribution in [0.25, 0.3) is 0 Å². The predicted molar refractivity (Wildman–Crippen MR) is 71.8 cm³/mol. The minimum Gasteiger partial charge on any atom is -0.454 e. The Labute approximate surface area is 113 Å². The highest BCUT2D eigenvalue weighted by Crippen LogP contribution is 2.35. The molecule has 4 nitrogen and oxygen atoms in total. The largest absolute Gasteiger partial charge is 0.454 e. The van der Waals surface area contributed by atoms with E-state index >= 15 is 0 Å². The Bertz CT molecular complexity index is 492. The molecule has 0 amide bonds. The molecule has 3 rings (SSSR count). The second kappa shape index (κ2) is 5.21. The number of aryl methyl sites for hydroxylation is 1. The Hall–Kier alpha value is -1.55. The van der Waals surface area contributed by atoms with Crippen molar-refractivity contribution < 1.29 is 14.3 Å². The van der Waals surface area contributed by atoms with Gasteiger partial charge < -0.3 is 14.8 Å². The molecule has 0 radical (unpaired) electrons. The van der Waals surface area contributed by atoms with Crippen molar-refractivity contribution in [1.82, 2.24) is 5.32 Å². The van der Waals surface area contributed by atoms with E-state index in [-0.39, 0.29) is 12.6 Å². The standard InChI is InChI=1S/C15H19NO3/c1-10-6-14-15(19-9-18-14)8-12(10)13(17)7-11-2-4-16-5-3-11/h6,8,11,16H,2-5,7,9H2,1H3. The number of hydrogen-bond donors (Lipinski definition) is 1. The minimum atomic E-state index is 0.225. The summed E-state index contributed by atoms with van der Waals surface area (Å²) in [6.45, 7) is 4.26. The van der Waals surface area contributed by atoms with E-state index in [4.69, 9.17) is 9.47 Å². The van der Waals surface area contributed by atoms with Gasteiger partial charge in [0.05, 0.1) is 0 Å². The first-order valence-corrected chi connectivity index (χ1v) is 6.88. The molecule has 0 spiro atoms. The van der Waals surface area contributed by atoms with Crippen molar-refractivity contribution in [1.29, 1.82) is 0 Å². The van der Waals surface area contributed by atoms with Crippen molar-refractivity contribution in [3.05, 3.63) is 23.3 Å². The number of rotatable bonds is 3. The zero-order chi connectivity index (χ0) is 13.2. The van der Waals surface area contributed by atoms with Gasteiger partial charge in [0.15, 0.2) is 17.3 Å². The van der Waals surface area contributed by atoms with Crippen molar-refractivity contribution >= 4 is 5.78 Å². The number of Topliss-reactive ketones (excluding diaryl/α,β-unsaturated/α-hetero) is 1. The lowest BCUT2D eigenvalue weighted by Crippen LogP contribution is -2.29. The van der Waals surface area contributed by atoms with E-state index < -0.39 is 0 Å². The molecule has 0 atom stereocenters. The lowest BCUT2D eigenvalue weighted by atomic mass is 9.89. The van der Waals surface area contributed by atoms with Crippen LogP contribution >= 0.6 is 0 Å². The maximum absolute atomic E-state index is 12.4. The molecule has 0 aliphatic carbocycles. The first-order valence-electron chi connectivity index (χ1n) is 6.88. The molecule has 19 heavy (non-hydrogen) atoms. The molecule has 2 heterocycles. The third-order valence-electron chi connectivity index (χ3n) is 3.95. The van der Waals surface area contributed by atoms with Gasteiger partial charge in [-0.25, -0.2) is 0 Å². The first kappa shape index (κ1) is 12.5. The van der Waals surface area contributed by atoms with E-state index in [0.717, 1.165) is 42.8 Å². The summed E-state index contributed by atoms with van der Waals surface area (Å²) in [6, 6.07) is 3.74. The van der Waals surface area contributed by atoms with Crippen LogP contribution < -0.4 is 14.8 Å². The predicted octanol–water partition coefficient (Wildman–Crippen LogP) is 2.30. The topological polar surface area (TPSA) is 47.6 Å². The van der Waals surface area contributed by atoms with Crippen molar-refractivity contribution in [3.8, 4) is 11.5 Å². The van der Waals surface area contributed by atoms with Gasteiger partial charge in [-0.1, -0.05) is 0 Å². The molecular weight excluding hydrogens is 242 g/mol. The van der Waals surface area contributed by atoms with Gasteiger partial charge in [0, 0.05) is 12.0 Å². The smallest absolute Gasteiger partial charge is 0.231 e. The van der Waals surface area contributed by atoms with Gasteiger partial charge in [-0.2, -0.15) is 0 Å². The Balaban J connectivity index is 1.75. The van der Waals surface area contributed by atoms with Crippen LogP contribution in [0, 0.1) is 12.8 Å². The number of ketones is 1. The highest BCUT2D eigenvalue weighted by molar-refractivity contribution is 5.98. The average Bonchev–Trinajstić information content (AvgIpc) is 2.86. The van der Waals surface area contributed by atoms with Crippen LogP contribution in [0.5, 0.6) is 11.5 Å². The fourth-order valence-corrected chi connectivity index (χ4v) is 2.80. The Kier molecular flexibility index (Phi) is 3.42. The second-order valence-electron chi connectivity index (χ2n) is 5.34. The van der Waals surface area contributed by atoms with Gasteiger partial charge in [0.2, 0.25) is 6.79 Å². The Morgan fingerprint density at radius 2 is 1.95 bits per heavy atom. The fraction of sp³-hybridized carbons (Fsp3) is 0.533. The SMILES string of the molecule is Cc1cc2c(cc1C(=O)CC1CCNCC1)OCO2. The number of carbonyl (C=O) groups is 1. The Morgan fingerprint density at radius 1 is 1.26 bits per heavy atom. The maximum atomic E-state index is 12.4. The maximum Gasteiger partial charge on any atom is 0.231 e. The van der Waals surface area contributed by atoms with Gasteiger partial charge in [-0.3, -0.25) is 4.79 Å². The number of piperidine rings is 1. The number of nitrogens with one attached hydrogen (secondary N) is 1. The van der Waals surface area contributed by atoms with Gasteiger partial charge >= 0.3 is 0 Å². The van der Waals surface area contributed by atoms with Crippen molar-refractivity contribution in [2.75, 3.05) is 19.9 Å². The number of hydrogen-bond acceptors (Lipinski definition) is 4. The fourth-order valence-electron chi connectivity index (χ4n) is 2.80. The van der Waals surface area contributed by atoms with Crippen molar-refractivity contribution in [2.24, 2.45) is 5.92 Å². The number of benzene rings is 1. The van der Waals surface area contributed by atoms with Crippen LogP contribution in [0.3, 0.4) is 0 Å². The highest BCUT2D eigenvalue weighted by atomic mass is 16.7. The second-order valence-corrected chi connectivity index (χ2v) is 5.34. The third-order valence-corrected chi connectivity index (χ3v) is 3.95. The molecule has 0 saturated carbocycles. The van der Waals surface area contributed by atoms with Crippen LogP contribution in [-0.2, 0) is 0 Å². The van der Waals surface area contributed by atoms with Crippen LogP contribution in [0.4, 0.5) is 0 Å². The molecule has 2 aliphatic rings. The molecule has 1 saturated heterocycles. The normalized spacial score (nSPS) is 18.6. The van der Waals surface area contributed by atoms with Crippen molar-refractivity contribution in [2.45, 2.75) is 26.2 Å². The molecule has 0 aromatic heterocycles. The van der Waals surface area contributed by atoms with Crippen molar-refractivity contribution in [3.63, 3.8) is 0 Å². The van der Waals surface area contributed by atoms with E-state index in [9.17, 15) is 4.79 Å². The summed E-state index contributed by atoms with van der Waals surface area (Å²) in [6.07, 6.45) is 2.83. The molecule has 1 aromatic carbocycles. The average molecular weight is 261 g/mol. The van der Waals surface area contributed by atoms with Gasteiger partial charge in [-0.05, 0) is 56.5 Å². The molecule has 0 unspecified atom stereocenters. The van der Waals surface area contributed by atoms with E-state index in [1.165, 1.54) is 0 Å². The molecule has 1 aromatic rings. The summed E-state index contributed by atoms with van der Waals surface area (Å²) < 4.78 is 10.7. The Morgan fingerprint density at radius 3 is 2.68 bits per heavy atom. The highest BCUT2D eigenvalue weighted by Gasteiger charge is 2.22. The molecule has 1 fully saturated rings. The number of fused-ring (bicyclic) bond motifs is 1. The number of ether oxygens (including phenoxy) is 2. The minimum absolute atomic E-state index is 0.225. The zero-order valence-corrected chi connectivity index (χ0v) is 11.2. The summed E-state index contributed by atoms with van der Waals surface area (Å²) in [5.41, 5.74) is 1.76. The van der Waals surface area contributed by atoms with Crippen LogP contribution in [0.15, 0.2) is 12.1 Å². The lowest BCUT2D eigenvalue weighted by molar-refractivity contribution is 0.0951. The monoisotopic (exact) mass is 261 g/mol. The zero-order valence-electron chi connectivity index (χ0n) is 11.2. The molecule has 2 aliphatic heterocycles.